The molecule has 0 fully saturated rings. The summed E-state index contributed by atoms with van der Waals surface area (Å²) in [6.45, 7) is 0.760. The van der Waals surface area contributed by atoms with Crippen LogP contribution in [-0.2, 0) is 6.54 Å². The molecule has 0 aliphatic rings. The van der Waals surface area contributed by atoms with Crippen molar-refractivity contribution in [3.63, 3.8) is 0 Å². The van der Waals surface area contributed by atoms with Crippen LogP contribution in [0.1, 0.15) is 15.9 Å². The molecule has 2 aromatic rings. The molecule has 0 aliphatic heterocycles. The predicted octanol–water partition coefficient (Wildman–Crippen LogP) is 3.91. The highest BCUT2D eigenvalue weighted by Gasteiger charge is 2.07. The van der Waals surface area contributed by atoms with Gasteiger partial charge in [-0.2, -0.15) is 0 Å². The van der Waals surface area contributed by atoms with Crippen LogP contribution >= 0.6 is 15.9 Å². The van der Waals surface area contributed by atoms with E-state index in [1.807, 2.05) is 43.4 Å². The van der Waals surface area contributed by atoms with Crippen LogP contribution in [0.5, 0.6) is 5.75 Å². The van der Waals surface area contributed by atoms with E-state index < -0.39 is 0 Å². The lowest BCUT2D eigenvalue weighted by molar-refractivity contribution is 0.112. The quantitative estimate of drug-likeness (QED) is 0.777. The van der Waals surface area contributed by atoms with Crippen molar-refractivity contribution >= 4 is 27.9 Å². The number of nitrogens with zero attached hydrogens (tertiary/aromatic N) is 1. The normalized spacial score (nSPS) is 10.2. The number of rotatable bonds is 5. The van der Waals surface area contributed by atoms with Crippen molar-refractivity contribution in [1.29, 1.82) is 0 Å². The van der Waals surface area contributed by atoms with E-state index >= 15 is 0 Å². The lowest BCUT2D eigenvalue weighted by Gasteiger charge is -2.21. The van der Waals surface area contributed by atoms with Gasteiger partial charge in [-0.1, -0.05) is 12.1 Å². The summed E-state index contributed by atoms with van der Waals surface area (Å²) in [7, 11) is 3.68. The predicted molar refractivity (Wildman–Crippen MR) is 84.6 cm³/mol. The number of benzene rings is 2. The van der Waals surface area contributed by atoms with Crippen LogP contribution in [0.25, 0.3) is 0 Å². The average Bonchev–Trinajstić information content (AvgIpc) is 2.47. The highest BCUT2D eigenvalue weighted by molar-refractivity contribution is 9.10. The minimum Gasteiger partial charge on any atom is -0.497 e. The van der Waals surface area contributed by atoms with Gasteiger partial charge in [0.2, 0.25) is 0 Å². The van der Waals surface area contributed by atoms with Crippen molar-refractivity contribution in [2.75, 3.05) is 19.1 Å². The molecule has 3 nitrogen and oxygen atoms in total. The van der Waals surface area contributed by atoms with Gasteiger partial charge in [0.05, 0.1) is 12.8 Å². The van der Waals surface area contributed by atoms with E-state index in [4.69, 9.17) is 4.74 Å². The lowest BCUT2D eigenvalue weighted by atomic mass is 10.1. The van der Waals surface area contributed by atoms with Crippen molar-refractivity contribution in [3.05, 3.63) is 58.1 Å². The summed E-state index contributed by atoms with van der Waals surface area (Å²) >= 11 is 3.50. The van der Waals surface area contributed by atoms with Crippen molar-refractivity contribution in [2.24, 2.45) is 0 Å². The van der Waals surface area contributed by atoms with Gasteiger partial charge in [-0.3, -0.25) is 4.79 Å². The first-order valence-electron chi connectivity index (χ1n) is 6.23. The van der Waals surface area contributed by atoms with E-state index in [2.05, 4.69) is 26.9 Å². The van der Waals surface area contributed by atoms with E-state index in [9.17, 15) is 4.79 Å². The standard InChI is InChI=1S/C16H16BrNO2/c1-18(10-12-4-3-5-14(8-12)20-2)16-7-6-13(11-19)9-15(16)17/h3-9,11H,10H2,1-2H3. The van der Waals surface area contributed by atoms with Gasteiger partial charge >= 0.3 is 0 Å². The number of anilines is 1. The van der Waals surface area contributed by atoms with Crippen LogP contribution < -0.4 is 9.64 Å². The molecule has 20 heavy (non-hydrogen) atoms. The topological polar surface area (TPSA) is 29.5 Å². The van der Waals surface area contributed by atoms with Gasteiger partial charge in [0, 0.05) is 23.6 Å². The molecular formula is C16H16BrNO2. The summed E-state index contributed by atoms with van der Waals surface area (Å²) in [5.74, 6) is 0.853. The SMILES string of the molecule is COc1cccc(CN(C)c2ccc(C=O)cc2Br)c1. The fraction of sp³-hybridized carbons (Fsp3) is 0.188. The van der Waals surface area contributed by atoms with Crippen LogP contribution in [0.15, 0.2) is 46.9 Å². The van der Waals surface area contributed by atoms with Gasteiger partial charge in [0.1, 0.15) is 12.0 Å². The molecule has 2 aromatic carbocycles. The number of hydrogen-bond acceptors (Lipinski definition) is 3. The van der Waals surface area contributed by atoms with Crippen molar-refractivity contribution in [3.8, 4) is 5.75 Å². The molecule has 0 unspecified atom stereocenters. The Labute approximate surface area is 127 Å². The Morgan fingerprint density at radius 1 is 1.25 bits per heavy atom. The van der Waals surface area contributed by atoms with E-state index in [0.717, 1.165) is 28.7 Å². The van der Waals surface area contributed by atoms with Crippen LogP contribution in [0.3, 0.4) is 0 Å². The molecule has 2 rings (SSSR count). The van der Waals surface area contributed by atoms with Crippen LogP contribution in [0, 0.1) is 0 Å². The van der Waals surface area contributed by atoms with Gasteiger partial charge < -0.3 is 9.64 Å². The van der Waals surface area contributed by atoms with Crippen molar-refractivity contribution < 1.29 is 9.53 Å². The van der Waals surface area contributed by atoms with Crippen LogP contribution in [-0.4, -0.2) is 20.4 Å². The highest BCUT2D eigenvalue weighted by Crippen LogP contribution is 2.27. The molecular weight excluding hydrogens is 318 g/mol. The number of aldehydes is 1. The molecule has 0 saturated carbocycles. The van der Waals surface area contributed by atoms with E-state index in [1.165, 1.54) is 5.56 Å². The van der Waals surface area contributed by atoms with Crippen LogP contribution in [0.4, 0.5) is 5.69 Å². The molecule has 0 saturated heterocycles. The minimum atomic E-state index is 0.662. The second kappa shape index (κ2) is 6.57. The van der Waals surface area contributed by atoms with Gasteiger partial charge in [-0.15, -0.1) is 0 Å². The van der Waals surface area contributed by atoms with Gasteiger partial charge in [-0.25, -0.2) is 0 Å². The molecule has 0 atom stereocenters. The second-order valence-electron chi connectivity index (χ2n) is 4.54. The third-order valence-electron chi connectivity index (χ3n) is 3.07. The molecule has 0 amide bonds. The first-order chi connectivity index (χ1) is 9.63. The summed E-state index contributed by atoms with van der Waals surface area (Å²) in [4.78, 5) is 12.9. The van der Waals surface area contributed by atoms with Crippen molar-refractivity contribution in [2.45, 2.75) is 6.54 Å². The molecule has 0 radical (unpaired) electrons. The molecule has 4 heteroatoms. The minimum absolute atomic E-state index is 0.662. The molecule has 0 bridgehead atoms. The Bertz CT molecular complexity index is 613. The summed E-state index contributed by atoms with van der Waals surface area (Å²) in [6.07, 6.45) is 0.844. The first-order valence-corrected chi connectivity index (χ1v) is 7.02. The molecule has 0 N–H and O–H groups in total. The van der Waals surface area contributed by atoms with Gasteiger partial charge in [-0.05, 0) is 51.8 Å². The second-order valence-corrected chi connectivity index (χ2v) is 5.39. The van der Waals surface area contributed by atoms with Gasteiger partial charge in [0.15, 0.2) is 0 Å². The zero-order valence-corrected chi connectivity index (χ0v) is 13.1. The third kappa shape index (κ3) is 3.39. The molecule has 0 aliphatic carbocycles. The van der Waals surface area contributed by atoms with E-state index in [0.29, 0.717) is 5.56 Å². The smallest absolute Gasteiger partial charge is 0.150 e. The molecule has 0 aromatic heterocycles. The largest absolute Gasteiger partial charge is 0.497 e. The summed E-state index contributed by atoms with van der Waals surface area (Å²) in [5, 5.41) is 0. The zero-order valence-electron chi connectivity index (χ0n) is 11.5. The fourth-order valence-electron chi connectivity index (χ4n) is 2.04. The number of ether oxygens (including phenoxy) is 1. The Balaban J connectivity index is 2.18. The molecule has 0 spiro atoms. The average molecular weight is 334 g/mol. The van der Waals surface area contributed by atoms with E-state index in [1.54, 1.807) is 7.11 Å². The van der Waals surface area contributed by atoms with Crippen molar-refractivity contribution in [1.82, 2.24) is 0 Å². The summed E-state index contributed by atoms with van der Waals surface area (Å²) in [5.41, 5.74) is 2.87. The van der Waals surface area contributed by atoms with Gasteiger partial charge in [0.25, 0.3) is 0 Å². The fourth-order valence-corrected chi connectivity index (χ4v) is 2.74. The maximum absolute atomic E-state index is 10.8. The van der Waals surface area contributed by atoms with Crippen LogP contribution in [0.2, 0.25) is 0 Å². The first kappa shape index (κ1) is 14.6. The Morgan fingerprint density at radius 3 is 2.70 bits per heavy atom. The van der Waals surface area contributed by atoms with E-state index in [-0.39, 0.29) is 0 Å². The Morgan fingerprint density at radius 2 is 2.05 bits per heavy atom. The number of methoxy groups -OCH3 is 1. The zero-order chi connectivity index (χ0) is 14.5. The Hall–Kier alpha value is -1.81. The number of halogens is 1. The number of carbonyl (C=O) groups is 1. The Kier molecular flexibility index (Phi) is 4.79. The molecule has 0 heterocycles. The highest BCUT2D eigenvalue weighted by atomic mass is 79.9. The number of carbonyl (C=O) groups excluding carboxylic acids is 1. The monoisotopic (exact) mass is 333 g/mol. The number of hydrogen-bond donors (Lipinski definition) is 0. The molecule has 104 valence electrons. The maximum Gasteiger partial charge on any atom is 0.150 e. The maximum atomic E-state index is 10.8. The summed E-state index contributed by atoms with van der Waals surface area (Å²) < 4.78 is 6.14. The lowest BCUT2D eigenvalue weighted by Crippen LogP contribution is -2.16. The summed E-state index contributed by atoms with van der Waals surface area (Å²) in [6, 6.07) is 13.6. The third-order valence-corrected chi connectivity index (χ3v) is 3.71.